The second-order valence-electron chi connectivity index (χ2n) is 6.27. The molecule has 1 unspecified atom stereocenters. The van der Waals surface area contributed by atoms with E-state index >= 15 is 0 Å². The van der Waals surface area contributed by atoms with Gasteiger partial charge in [-0.2, -0.15) is 8.78 Å². The van der Waals surface area contributed by atoms with E-state index in [9.17, 15) is 13.9 Å². The van der Waals surface area contributed by atoms with E-state index in [1.54, 1.807) is 12.1 Å². The van der Waals surface area contributed by atoms with Gasteiger partial charge in [-0.3, -0.25) is 4.99 Å². The lowest BCUT2D eigenvalue weighted by Gasteiger charge is -2.18. The molecule has 1 aromatic carbocycles. The molecule has 27 heavy (non-hydrogen) atoms. The van der Waals surface area contributed by atoms with Gasteiger partial charge in [0.15, 0.2) is 5.96 Å². The van der Waals surface area contributed by atoms with Crippen molar-refractivity contribution in [3.8, 4) is 5.75 Å². The highest BCUT2D eigenvalue weighted by molar-refractivity contribution is 5.79. The van der Waals surface area contributed by atoms with Crippen molar-refractivity contribution in [2.45, 2.75) is 39.4 Å². The predicted octanol–water partition coefficient (Wildman–Crippen LogP) is 2.61. The smallest absolute Gasteiger partial charge is 0.387 e. The molecule has 0 heterocycles. The zero-order chi connectivity index (χ0) is 20.1. The molecule has 1 rings (SSSR count). The molecule has 0 aromatic heterocycles. The van der Waals surface area contributed by atoms with Crippen LogP contribution in [0.25, 0.3) is 0 Å². The van der Waals surface area contributed by atoms with Crippen LogP contribution >= 0.6 is 0 Å². The molecule has 1 aromatic rings. The van der Waals surface area contributed by atoms with Crippen LogP contribution in [0.2, 0.25) is 0 Å². The van der Waals surface area contributed by atoms with Crippen molar-refractivity contribution in [3.05, 3.63) is 29.8 Å². The molecule has 0 aliphatic carbocycles. The van der Waals surface area contributed by atoms with E-state index in [0.29, 0.717) is 18.1 Å². The van der Waals surface area contributed by atoms with Gasteiger partial charge in [0, 0.05) is 19.6 Å². The van der Waals surface area contributed by atoms with Crippen LogP contribution in [-0.4, -0.2) is 62.3 Å². The molecule has 0 saturated carbocycles. The Morgan fingerprint density at radius 2 is 1.89 bits per heavy atom. The van der Waals surface area contributed by atoms with Gasteiger partial charge in [0.2, 0.25) is 0 Å². The molecular weight excluding hydrogens is 354 g/mol. The molecule has 1 atom stereocenters. The Bertz CT molecular complexity index is 541. The van der Waals surface area contributed by atoms with Gasteiger partial charge in [-0.1, -0.05) is 25.5 Å². The minimum Gasteiger partial charge on any atom is -0.435 e. The largest absolute Gasteiger partial charge is 0.435 e. The lowest BCUT2D eigenvalue weighted by molar-refractivity contribution is -0.0498. The number of ether oxygens (including phenoxy) is 1. The summed E-state index contributed by atoms with van der Waals surface area (Å²) in [5, 5.41) is 16.7. The van der Waals surface area contributed by atoms with E-state index in [4.69, 9.17) is 0 Å². The molecule has 0 aliphatic heterocycles. The summed E-state index contributed by atoms with van der Waals surface area (Å²) >= 11 is 0. The molecule has 0 amide bonds. The zero-order valence-corrected chi connectivity index (χ0v) is 16.4. The highest BCUT2D eigenvalue weighted by atomic mass is 19.3. The Morgan fingerprint density at radius 1 is 1.19 bits per heavy atom. The lowest BCUT2D eigenvalue weighted by atomic mass is 10.1. The molecule has 3 N–H and O–H groups in total. The number of unbranched alkanes of at least 4 members (excludes halogenated alkanes) is 1. The third-order valence-electron chi connectivity index (χ3n) is 3.94. The van der Waals surface area contributed by atoms with Gasteiger partial charge in [-0.05, 0) is 44.6 Å². The van der Waals surface area contributed by atoms with Gasteiger partial charge < -0.3 is 25.4 Å². The lowest BCUT2D eigenvalue weighted by Crippen LogP contribution is -2.41. The summed E-state index contributed by atoms with van der Waals surface area (Å²) in [5.41, 5.74) is 0.593. The topological polar surface area (TPSA) is 69.1 Å². The van der Waals surface area contributed by atoms with E-state index in [1.807, 2.05) is 6.92 Å². The molecule has 0 spiro atoms. The third kappa shape index (κ3) is 10.1. The zero-order valence-electron chi connectivity index (χ0n) is 16.4. The van der Waals surface area contributed by atoms with Crippen LogP contribution in [0.3, 0.4) is 0 Å². The average molecular weight is 386 g/mol. The summed E-state index contributed by atoms with van der Waals surface area (Å²) in [6, 6.07) is 5.93. The molecule has 6 nitrogen and oxygen atoms in total. The first-order chi connectivity index (χ1) is 13.0. The van der Waals surface area contributed by atoms with Crippen LogP contribution in [0.1, 0.15) is 38.4 Å². The van der Waals surface area contributed by atoms with Crippen molar-refractivity contribution in [2.24, 2.45) is 4.99 Å². The van der Waals surface area contributed by atoms with Gasteiger partial charge in [-0.15, -0.1) is 0 Å². The third-order valence-corrected chi connectivity index (χ3v) is 3.94. The summed E-state index contributed by atoms with van der Waals surface area (Å²) in [4.78, 5) is 6.66. The summed E-state index contributed by atoms with van der Waals surface area (Å²) in [6.45, 7) is 4.88. The van der Waals surface area contributed by atoms with Gasteiger partial charge >= 0.3 is 6.61 Å². The molecule has 0 saturated heterocycles. The first-order valence-electron chi connectivity index (χ1n) is 9.39. The molecule has 154 valence electrons. The van der Waals surface area contributed by atoms with Crippen LogP contribution in [0, 0.1) is 0 Å². The van der Waals surface area contributed by atoms with Crippen molar-refractivity contribution < 1.29 is 18.6 Å². The number of alkyl halides is 2. The number of nitrogens with zero attached hydrogens (tertiary/aromatic N) is 2. The fourth-order valence-electron chi connectivity index (χ4n) is 2.40. The first kappa shape index (κ1) is 23.1. The molecule has 0 radical (unpaired) electrons. The number of aliphatic hydroxyl groups excluding tert-OH is 1. The van der Waals surface area contributed by atoms with Crippen molar-refractivity contribution in [3.63, 3.8) is 0 Å². The summed E-state index contributed by atoms with van der Waals surface area (Å²) in [6.07, 6.45) is 1.53. The van der Waals surface area contributed by atoms with Gasteiger partial charge in [-0.25, -0.2) is 0 Å². The average Bonchev–Trinajstić information content (AvgIpc) is 2.64. The molecule has 8 heteroatoms. The number of likely N-dealkylation sites (N-methyl/N-ethyl adjacent to an activating group) is 1. The standard InChI is InChI=1S/C19H32F2N4O2/c1-4-6-12-25(3)13-11-23-19(22-5-2)24-14-17(26)15-7-9-16(10-8-15)27-18(20)21/h7-10,17-18,26H,4-6,11-14H2,1-3H3,(H2,22,23,24). The SMILES string of the molecule is CCCCN(C)CCNC(=NCC(O)c1ccc(OC(F)F)cc1)NCC. The monoisotopic (exact) mass is 386 g/mol. The fourth-order valence-corrected chi connectivity index (χ4v) is 2.40. The fraction of sp³-hybridized carbons (Fsp3) is 0.632. The number of guanidine groups is 1. The molecule has 0 aliphatic rings. The normalized spacial score (nSPS) is 13.1. The maximum absolute atomic E-state index is 12.2. The second kappa shape index (κ2) is 13.3. The molecular formula is C19H32F2N4O2. The van der Waals surface area contributed by atoms with Crippen LogP contribution in [-0.2, 0) is 0 Å². The van der Waals surface area contributed by atoms with E-state index < -0.39 is 12.7 Å². The second-order valence-corrected chi connectivity index (χ2v) is 6.27. The van der Waals surface area contributed by atoms with Gasteiger partial charge in [0.25, 0.3) is 0 Å². The minimum atomic E-state index is -2.86. The van der Waals surface area contributed by atoms with E-state index in [2.05, 4.69) is 39.2 Å². The Kier molecular flexibility index (Phi) is 11.4. The predicted molar refractivity (Wildman–Crippen MR) is 104 cm³/mol. The number of aliphatic hydroxyl groups is 1. The van der Waals surface area contributed by atoms with Crippen molar-refractivity contribution in [1.82, 2.24) is 15.5 Å². The van der Waals surface area contributed by atoms with E-state index in [-0.39, 0.29) is 12.3 Å². The Labute approximate surface area is 160 Å². The number of nitrogens with one attached hydrogen (secondary N) is 2. The van der Waals surface area contributed by atoms with Crippen LogP contribution < -0.4 is 15.4 Å². The van der Waals surface area contributed by atoms with E-state index in [1.165, 1.54) is 25.0 Å². The maximum atomic E-state index is 12.2. The number of hydrogen-bond acceptors (Lipinski definition) is 4. The highest BCUT2D eigenvalue weighted by Crippen LogP contribution is 2.19. The number of halogens is 2. The summed E-state index contributed by atoms with van der Waals surface area (Å²) in [7, 11) is 2.09. The van der Waals surface area contributed by atoms with Crippen LogP contribution in [0.5, 0.6) is 5.75 Å². The van der Waals surface area contributed by atoms with Gasteiger partial charge in [0.1, 0.15) is 5.75 Å². The van der Waals surface area contributed by atoms with Crippen molar-refractivity contribution in [1.29, 1.82) is 0 Å². The Balaban J connectivity index is 2.50. The molecule has 0 bridgehead atoms. The Hall–Kier alpha value is -1.93. The van der Waals surface area contributed by atoms with Crippen LogP contribution in [0.4, 0.5) is 8.78 Å². The first-order valence-corrected chi connectivity index (χ1v) is 9.39. The Morgan fingerprint density at radius 3 is 2.48 bits per heavy atom. The van der Waals surface area contributed by atoms with Gasteiger partial charge in [0.05, 0.1) is 12.6 Å². The van der Waals surface area contributed by atoms with Crippen LogP contribution in [0.15, 0.2) is 29.3 Å². The van der Waals surface area contributed by atoms with Crippen molar-refractivity contribution >= 4 is 5.96 Å². The summed E-state index contributed by atoms with van der Waals surface area (Å²) in [5.74, 6) is 0.699. The van der Waals surface area contributed by atoms with E-state index in [0.717, 1.165) is 19.6 Å². The van der Waals surface area contributed by atoms with Crippen molar-refractivity contribution in [2.75, 3.05) is 39.8 Å². The molecule has 0 fully saturated rings. The maximum Gasteiger partial charge on any atom is 0.387 e. The summed E-state index contributed by atoms with van der Waals surface area (Å²) < 4.78 is 28.6. The number of benzene rings is 1. The quantitative estimate of drug-likeness (QED) is 0.381. The number of hydrogen-bond donors (Lipinski definition) is 3. The highest BCUT2D eigenvalue weighted by Gasteiger charge is 2.09. The minimum absolute atomic E-state index is 0.0617. The number of aliphatic imine (C=N–C) groups is 1. The number of rotatable bonds is 12.